The number of nitrogens with zero attached hydrogens (tertiary/aromatic N) is 4. The Morgan fingerprint density at radius 1 is 1.18 bits per heavy atom. The lowest BCUT2D eigenvalue weighted by Gasteiger charge is -2.14. The molecule has 34 heavy (non-hydrogen) atoms. The van der Waals surface area contributed by atoms with E-state index >= 15 is 0 Å². The van der Waals surface area contributed by atoms with Gasteiger partial charge in [0.25, 0.3) is 11.5 Å². The van der Waals surface area contributed by atoms with E-state index in [1.54, 1.807) is 22.8 Å². The van der Waals surface area contributed by atoms with Crippen LogP contribution in [0, 0.1) is 0 Å². The first kappa shape index (κ1) is 22.9. The maximum absolute atomic E-state index is 13.3. The average molecular weight is 496 g/mol. The molecular formula is C25H26ClN5O2S. The Hall–Kier alpha value is -2.84. The number of carbonyl (C=O) groups excluding carboxylic acids is 1. The van der Waals surface area contributed by atoms with Gasteiger partial charge in [0.15, 0.2) is 5.16 Å². The fourth-order valence-electron chi connectivity index (χ4n) is 4.54. The summed E-state index contributed by atoms with van der Waals surface area (Å²) in [7, 11) is 0. The molecule has 1 amide bonds. The van der Waals surface area contributed by atoms with Crippen molar-refractivity contribution in [2.24, 2.45) is 0 Å². The van der Waals surface area contributed by atoms with Crippen molar-refractivity contribution in [1.82, 2.24) is 24.5 Å². The number of thioether (sulfide) groups is 1. The number of hydrogen-bond acceptors (Lipinski definition) is 5. The van der Waals surface area contributed by atoms with Gasteiger partial charge in [0.2, 0.25) is 5.78 Å². The number of nitrogens with one attached hydrogen (secondary N) is 1. The normalized spacial score (nSPS) is 14.3. The molecule has 0 atom stereocenters. The maximum Gasteiger partial charge on any atom is 0.262 e. The van der Waals surface area contributed by atoms with E-state index < -0.39 is 0 Å². The van der Waals surface area contributed by atoms with Crippen molar-refractivity contribution in [2.45, 2.75) is 62.5 Å². The summed E-state index contributed by atoms with van der Waals surface area (Å²) in [5.74, 6) is 0.976. The van der Waals surface area contributed by atoms with Gasteiger partial charge in [0.1, 0.15) is 0 Å². The summed E-state index contributed by atoms with van der Waals surface area (Å²) in [6, 6.07) is 13.2. The van der Waals surface area contributed by atoms with Gasteiger partial charge in [-0.05, 0) is 49.1 Å². The lowest BCUT2D eigenvalue weighted by molar-refractivity contribution is 0.0938. The molecule has 176 valence electrons. The molecule has 7 nitrogen and oxygen atoms in total. The van der Waals surface area contributed by atoms with Crippen molar-refractivity contribution in [1.29, 1.82) is 0 Å². The molecule has 2 aromatic carbocycles. The average Bonchev–Trinajstić information content (AvgIpc) is 3.51. The zero-order chi connectivity index (χ0) is 23.7. The second kappa shape index (κ2) is 9.80. The number of rotatable bonds is 7. The third-order valence-electron chi connectivity index (χ3n) is 6.29. The highest BCUT2D eigenvalue weighted by atomic mass is 35.5. The molecule has 0 radical (unpaired) electrons. The highest BCUT2D eigenvalue weighted by Gasteiger charge is 2.21. The van der Waals surface area contributed by atoms with Crippen molar-refractivity contribution in [3.63, 3.8) is 0 Å². The minimum atomic E-state index is -0.123. The van der Waals surface area contributed by atoms with Crippen molar-refractivity contribution in [3.8, 4) is 0 Å². The second-order valence-corrected chi connectivity index (χ2v) is 9.99. The molecule has 1 aliphatic carbocycles. The number of aryl methyl sites for hydroxylation is 1. The number of benzene rings is 2. The summed E-state index contributed by atoms with van der Waals surface area (Å²) in [6.07, 6.45) is 5.11. The molecule has 0 bridgehead atoms. The Labute approximate surface area is 206 Å². The Kier molecular flexibility index (Phi) is 6.61. The molecule has 2 aromatic heterocycles. The fourth-order valence-corrected chi connectivity index (χ4v) is 5.76. The predicted octanol–water partition coefficient (Wildman–Crippen LogP) is 5.07. The second-order valence-electron chi connectivity index (χ2n) is 8.64. The smallest absolute Gasteiger partial charge is 0.262 e. The van der Waals surface area contributed by atoms with Crippen molar-refractivity contribution in [3.05, 3.63) is 69.0 Å². The SMILES string of the molecule is CCCn1c(=O)c2ccc(C(=O)NC3CCCC3)cc2n2c(SCc3ccccc3Cl)nnc12. The Balaban J connectivity index is 1.60. The van der Waals surface area contributed by atoms with Gasteiger partial charge in [0.05, 0.1) is 10.9 Å². The molecule has 0 unspecified atom stereocenters. The van der Waals surface area contributed by atoms with Crippen LogP contribution < -0.4 is 10.9 Å². The lowest BCUT2D eigenvalue weighted by atomic mass is 10.1. The van der Waals surface area contributed by atoms with Crippen LogP contribution in [0.2, 0.25) is 5.02 Å². The third-order valence-corrected chi connectivity index (χ3v) is 7.63. The van der Waals surface area contributed by atoms with Gasteiger partial charge in [0, 0.05) is 28.9 Å². The summed E-state index contributed by atoms with van der Waals surface area (Å²) in [5.41, 5.74) is 2.04. The lowest BCUT2D eigenvalue weighted by Crippen LogP contribution is -2.32. The molecule has 4 aromatic rings. The van der Waals surface area contributed by atoms with Gasteiger partial charge in [-0.2, -0.15) is 0 Å². The van der Waals surface area contributed by atoms with E-state index in [2.05, 4.69) is 15.5 Å². The predicted molar refractivity (Wildman–Crippen MR) is 136 cm³/mol. The van der Waals surface area contributed by atoms with Crippen LogP contribution in [0.25, 0.3) is 16.7 Å². The first-order valence-corrected chi connectivity index (χ1v) is 13.0. The summed E-state index contributed by atoms with van der Waals surface area (Å²) in [5, 5.41) is 13.8. The van der Waals surface area contributed by atoms with Gasteiger partial charge in [-0.15, -0.1) is 10.2 Å². The van der Waals surface area contributed by atoms with Gasteiger partial charge in [-0.25, -0.2) is 0 Å². The van der Waals surface area contributed by atoms with Crippen molar-refractivity contribution < 1.29 is 4.79 Å². The molecule has 0 spiro atoms. The van der Waals surface area contributed by atoms with Crippen LogP contribution >= 0.6 is 23.4 Å². The Morgan fingerprint density at radius 2 is 1.97 bits per heavy atom. The van der Waals surface area contributed by atoms with E-state index in [1.165, 1.54) is 11.8 Å². The van der Waals surface area contributed by atoms with E-state index in [0.717, 1.165) is 37.7 Å². The van der Waals surface area contributed by atoms with E-state index in [4.69, 9.17) is 11.6 Å². The largest absolute Gasteiger partial charge is 0.349 e. The fraction of sp³-hybridized carbons (Fsp3) is 0.360. The topological polar surface area (TPSA) is 81.3 Å². The summed E-state index contributed by atoms with van der Waals surface area (Å²) in [6.45, 7) is 2.56. The Morgan fingerprint density at radius 3 is 2.74 bits per heavy atom. The summed E-state index contributed by atoms with van der Waals surface area (Å²) >= 11 is 7.85. The van der Waals surface area contributed by atoms with Crippen LogP contribution in [0.1, 0.15) is 54.9 Å². The van der Waals surface area contributed by atoms with Crippen LogP contribution in [0.5, 0.6) is 0 Å². The molecular weight excluding hydrogens is 470 g/mol. The van der Waals surface area contributed by atoms with Gasteiger partial charge in [-0.1, -0.05) is 61.3 Å². The zero-order valence-corrected chi connectivity index (χ0v) is 20.5. The molecule has 5 rings (SSSR count). The first-order chi connectivity index (χ1) is 16.6. The molecule has 0 saturated heterocycles. The molecule has 1 N–H and O–H groups in total. The van der Waals surface area contributed by atoms with E-state index in [9.17, 15) is 9.59 Å². The van der Waals surface area contributed by atoms with E-state index in [-0.39, 0.29) is 17.5 Å². The number of aromatic nitrogens is 4. The minimum Gasteiger partial charge on any atom is -0.349 e. The van der Waals surface area contributed by atoms with Crippen LogP contribution in [-0.4, -0.2) is 31.1 Å². The highest BCUT2D eigenvalue weighted by Crippen LogP contribution is 2.28. The standard InChI is InChI=1S/C25H26ClN5O2S/c1-2-13-30-23(33)19-12-11-16(22(32)27-18-8-4-5-9-18)14-21(19)31-24(30)28-29-25(31)34-15-17-7-3-6-10-20(17)26/h3,6-7,10-12,14,18H,2,4-5,8-9,13,15H2,1H3,(H,27,32). The monoisotopic (exact) mass is 495 g/mol. The molecule has 1 aliphatic rings. The minimum absolute atomic E-state index is 0.113. The molecule has 2 heterocycles. The van der Waals surface area contributed by atoms with Crippen LogP contribution in [-0.2, 0) is 12.3 Å². The number of hydrogen-bond donors (Lipinski definition) is 1. The highest BCUT2D eigenvalue weighted by molar-refractivity contribution is 7.98. The third kappa shape index (κ3) is 4.32. The zero-order valence-electron chi connectivity index (χ0n) is 19.0. The summed E-state index contributed by atoms with van der Waals surface area (Å²) in [4.78, 5) is 26.2. The van der Waals surface area contributed by atoms with E-state index in [0.29, 0.717) is 44.7 Å². The Bertz CT molecular complexity index is 1420. The van der Waals surface area contributed by atoms with Crippen LogP contribution in [0.3, 0.4) is 0 Å². The molecule has 1 saturated carbocycles. The number of halogens is 1. The van der Waals surface area contributed by atoms with Crippen molar-refractivity contribution in [2.75, 3.05) is 0 Å². The number of carbonyl (C=O) groups is 1. The number of fused-ring (bicyclic) bond motifs is 3. The van der Waals surface area contributed by atoms with E-state index in [1.807, 2.05) is 35.6 Å². The van der Waals surface area contributed by atoms with Crippen LogP contribution in [0.15, 0.2) is 52.4 Å². The van der Waals surface area contributed by atoms with Gasteiger partial charge < -0.3 is 5.32 Å². The van der Waals surface area contributed by atoms with Gasteiger partial charge >= 0.3 is 0 Å². The number of amides is 1. The van der Waals surface area contributed by atoms with Crippen molar-refractivity contribution >= 4 is 46.0 Å². The molecule has 1 fully saturated rings. The van der Waals surface area contributed by atoms with Crippen LogP contribution in [0.4, 0.5) is 0 Å². The molecule has 0 aliphatic heterocycles. The quantitative estimate of drug-likeness (QED) is 0.362. The van der Waals surface area contributed by atoms with Gasteiger partial charge in [-0.3, -0.25) is 18.6 Å². The maximum atomic E-state index is 13.3. The first-order valence-electron chi connectivity index (χ1n) is 11.7. The molecule has 9 heteroatoms. The summed E-state index contributed by atoms with van der Waals surface area (Å²) < 4.78 is 3.55.